The minimum atomic E-state index is -2.34. The molecule has 0 aromatic carbocycles. The molecule has 0 aliphatic rings. The molecule has 0 spiro atoms. The number of hydrogen-bond acceptors (Lipinski definition) is 3. The van der Waals surface area contributed by atoms with E-state index in [4.69, 9.17) is 0 Å². The highest BCUT2D eigenvalue weighted by atomic mass is 19.3. The van der Waals surface area contributed by atoms with Crippen LogP contribution in [0, 0.1) is 0 Å². The van der Waals surface area contributed by atoms with E-state index >= 15 is 0 Å². The summed E-state index contributed by atoms with van der Waals surface area (Å²) in [6.45, 7) is -0.0169. The molecule has 0 N–H and O–H groups in total. The van der Waals surface area contributed by atoms with Crippen molar-refractivity contribution in [3.63, 3.8) is 0 Å². The van der Waals surface area contributed by atoms with Gasteiger partial charge in [-0.3, -0.25) is 0 Å². The average Bonchev–Trinajstić information content (AvgIpc) is 1.97. The number of carbonyl (C=O) groups is 1. The summed E-state index contributed by atoms with van der Waals surface area (Å²) in [6.07, 6.45) is -3.26. The Bertz CT molecular complexity index is 116. The number of methoxy groups -OCH3 is 1. The Hall–Kier alpha value is -0.870. The van der Waals surface area contributed by atoms with Crippen LogP contribution in [0.1, 0.15) is 12.8 Å². The van der Waals surface area contributed by atoms with Gasteiger partial charge in [-0.2, -0.15) is 0 Å². The van der Waals surface area contributed by atoms with E-state index in [1.54, 1.807) is 0 Å². The summed E-state index contributed by atoms with van der Waals surface area (Å²) in [4.78, 5) is 10.2. The van der Waals surface area contributed by atoms with Crippen molar-refractivity contribution >= 4 is 6.16 Å². The number of carbonyl (C=O) groups excluding carboxylic acids is 1. The number of alkyl halides is 2. The second-order valence-electron chi connectivity index (χ2n) is 1.84. The SMILES string of the molecule is COC(=O)OCCCC(F)F. The fourth-order valence-corrected chi connectivity index (χ4v) is 0.452. The van der Waals surface area contributed by atoms with E-state index in [2.05, 4.69) is 9.47 Å². The zero-order valence-corrected chi connectivity index (χ0v) is 6.18. The molecule has 66 valence electrons. The molecule has 0 aliphatic heterocycles. The molecule has 0 bridgehead atoms. The lowest BCUT2D eigenvalue weighted by molar-refractivity contribution is 0.0634. The standard InChI is InChI=1S/C6H10F2O3/c1-10-6(9)11-4-2-3-5(7)8/h5H,2-4H2,1H3. The Kier molecular flexibility index (Phi) is 5.42. The third-order valence-electron chi connectivity index (χ3n) is 0.953. The van der Waals surface area contributed by atoms with Crippen molar-refractivity contribution in [2.45, 2.75) is 19.3 Å². The van der Waals surface area contributed by atoms with Crippen LogP contribution >= 0.6 is 0 Å². The van der Waals surface area contributed by atoms with Gasteiger partial charge < -0.3 is 9.47 Å². The first-order valence-electron chi connectivity index (χ1n) is 3.15. The van der Waals surface area contributed by atoms with Gasteiger partial charge in [0.25, 0.3) is 0 Å². The molecular weight excluding hydrogens is 158 g/mol. The molecule has 11 heavy (non-hydrogen) atoms. The van der Waals surface area contributed by atoms with E-state index in [0.29, 0.717) is 0 Å². The molecule has 0 aromatic heterocycles. The van der Waals surface area contributed by atoms with E-state index in [1.165, 1.54) is 0 Å². The van der Waals surface area contributed by atoms with Crippen LogP contribution in [-0.4, -0.2) is 26.3 Å². The second-order valence-corrected chi connectivity index (χ2v) is 1.84. The maximum absolute atomic E-state index is 11.5. The molecular formula is C6H10F2O3. The lowest BCUT2D eigenvalue weighted by atomic mass is 10.3. The Morgan fingerprint density at radius 1 is 1.55 bits per heavy atom. The van der Waals surface area contributed by atoms with Crippen LogP contribution in [0.2, 0.25) is 0 Å². The number of ether oxygens (including phenoxy) is 2. The largest absolute Gasteiger partial charge is 0.507 e. The topological polar surface area (TPSA) is 35.5 Å². The van der Waals surface area contributed by atoms with Gasteiger partial charge in [-0.25, -0.2) is 13.6 Å². The molecule has 0 fully saturated rings. The number of rotatable bonds is 4. The Morgan fingerprint density at radius 2 is 2.18 bits per heavy atom. The van der Waals surface area contributed by atoms with Crippen molar-refractivity contribution in [1.29, 1.82) is 0 Å². The van der Waals surface area contributed by atoms with Gasteiger partial charge in [-0.15, -0.1) is 0 Å². The van der Waals surface area contributed by atoms with Crippen molar-refractivity contribution in [3.8, 4) is 0 Å². The van der Waals surface area contributed by atoms with Crippen LogP contribution in [0.4, 0.5) is 13.6 Å². The van der Waals surface area contributed by atoms with Crippen molar-refractivity contribution in [3.05, 3.63) is 0 Å². The molecule has 0 saturated heterocycles. The molecule has 0 aromatic rings. The predicted octanol–water partition coefficient (Wildman–Crippen LogP) is 1.81. The smallest absolute Gasteiger partial charge is 0.438 e. The second kappa shape index (κ2) is 5.88. The third-order valence-corrected chi connectivity index (χ3v) is 0.953. The normalized spacial score (nSPS) is 9.82. The highest BCUT2D eigenvalue weighted by molar-refractivity contribution is 5.59. The molecule has 3 nitrogen and oxygen atoms in total. The van der Waals surface area contributed by atoms with Crippen LogP contribution < -0.4 is 0 Å². The van der Waals surface area contributed by atoms with Crippen molar-refractivity contribution in [2.24, 2.45) is 0 Å². The molecule has 0 heterocycles. The average molecular weight is 168 g/mol. The highest BCUT2D eigenvalue weighted by Crippen LogP contribution is 2.02. The summed E-state index contributed by atoms with van der Waals surface area (Å²) in [6, 6.07) is 0. The van der Waals surface area contributed by atoms with Crippen molar-refractivity contribution in [1.82, 2.24) is 0 Å². The Balaban J connectivity index is 3.08. The molecule has 0 aliphatic carbocycles. The Labute approximate surface area is 63.3 Å². The van der Waals surface area contributed by atoms with Gasteiger partial charge >= 0.3 is 6.16 Å². The monoisotopic (exact) mass is 168 g/mol. The van der Waals surface area contributed by atoms with Gasteiger partial charge in [-0.05, 0) is 6.42 Å². The van der Waals surface area contributed by atoms with E-state index in [1.807, 2.05) is 0 Å². The summed E-state index contributed by atoms with van der Waals surface area (Å²) >= 11 is 0. The number of hydrogen-bond donors (Lipinski definition) is 0. The molecule has 0 radical (unpaired) electrons. The fourth-order valence-electron chi connectivity index (χ4n) is 0.452. The molecule has 0 rings (SSSR count). The van der Waals surface area contributed by atoms with Gasteiger partial charge in [0.1, 0.15) is 0 Å². The highest BCUT2D eigenvalue weighted by Gasteiger charge is 2.03. The fraction of sp³-hybridized carbons (Fsp3) is 0.833. The van der Waals surface area contributed by atoms with E-state index in [9.17, 15) is 13.6 Å². The van der Waals surface area contributed by atoms with Crippen LogP contribution in [0.5, 0.6) is 0 Å². The molecule has 0 unspecified atom stereocenters. The first-order chi connectivity index (χ1) is 5.16. The van der Waals surface area contributed by atoms with Crippen molar-refractivity contribution < 1.29 is 23.0 Å². The zero-order valence-electron chi connectivity index (χ0n) is 6.18. The van der Waals surface area contributed by atoms with Gasteiger partial charge in [0, 0.05) is 6.42 Å². The molecule has 0 atom stereocenters. The van der Waals surface area contributed by atoms with Gasteiger partial charge in [0.05, 0.1) is 13.7 Å². The van der Waals surface area contributed by atoms with Crippen molar-refractivity contribution in [2.75, 3.05) is 13.7 Å². The maximum Gasteiger partial charge on any atom is 0.507 e. The van der Waals surface area contributed by atoms with E-state index in [-0.39, 0.29) is 19.4 Å². The maximum atomic E-state index is 11.5. The van der Waals surface area contributed by atoms with Gasteiger partial charge in [0.15, 0.2) is 0 Å². The first kappa shape index (κ1) is 10.1. The first-order valence-corrected chi connectivity index (χ1v) is 3.15. The van der Waals surface area contributed by atoms with Gasteiger partial charge in [-0.1, -0.05) is 0 Å². The molecule has 5 heteroatoms. The minimum Gasteiger partial charge on any atom is -0.438 e. The summed E-state index contributed by atoms with van der Waals surface area (Å²) in [7, 11) is 1.16. The lowest BCUT2D eigenvalue weighted by Gasteiger charge is -2.01. The molecule has 0 saturated carbocycles. The predicted molar refractivity (Wildman–Crippen MR) is 33.6 cm³/mol. The van der Waals surface area contributed by atoms with Crippen LogP contribution in [-0.2, 0) is 9.47 Å². The summed E-state index contributed by atoms with van der Waals surface area (Å²) in [5.41, 5.74) is 0. The lowest BCUT2D eigenvalue weighted by Crippen LogP contribution is -2.06. The summed E-state index contributed by atoms with van der Waals surface area (Å²) < 4.78 is 31.4. The minimum absolute atomic E-state index is 0.0169. The number of halogens is 2. The van der Waals surface area contributed by atoms with Crippen LogP contribution in [0.25, 0.3) is 0 Å². The van der Waals surface area contributed by atoms with Crippen LogP contribution in [0.15, 0.2) is 0 Å². The Morgan fingerprint density at radius 3 is 2.64 bits per heavy atom. The van der Waals surface area contributed by atoms with E-state index < -0.39 is 12.6 Å². The van der Waals surface area contributed by atoms with Crippen LogP contribution in [0.3, 0.4) is 0 Å². The summed E-state index contributed by atoms with van der Waals surface area (Å²) in [5.74, 6) is 0. The third kappa shape index (κ3) is 7.02. The zero-order chi connectivity index (χ0) is 8.69. The summed E-state index contributed by atoms with van der Waals surface area (Å²) in [5, 5.41) is 0. The quantitative estimate of drug-likeness (QED) is 0.474. The van der Waals surface area contributed by atoms with Gasteiger partial charge in [0.2, 0.25) is 6.43 Å². The van der Waals surface area contributed by atoms with E-state index in [0.717, 1.165) is 7.11 Å². The molecule has 0 amide bonds.